The maximum absolute atomic E-state index is 12.7. The third-order valence-corrected chi connectivity index (χ3v) is 5.87. The molecular formula is C13H15N6O8S+. The molecule has 3 rings (SSSR count). The summed E-state index contributed by atoms with van der Waals surface area (Å²) in [6.07, 6.45) is 0.899. The van der Waals surface area contributed by atoms with Crippen LogP contribution in [0.1, 0.15) is 16.9 Å². The third kappa shape index (κ3) is 3.05. The molecule has 1 unspecified atom stereocenters. The van der Waals surface area contributed by atoms with Crippen LogP contribution >= 0.6 is 0 Å². The van der Waals surface area contributed by atoms with Gasteiger partial charge in [0.05, 0.1) is 6.54 Å². The van der Waals surface area contributed by atoms with E-state index >= 15 is 0 Å². The van der Waals surface area contributed by atoms with Gasteiger partial charge in [0.1, 0.15) is 12.2 Å². The molecule has 2 saturated heterocycles. The Labute approximate surface area is 156 Å². The van der Waals surface area contributed by atoms with E-state index in [1.807, 2.05) is 5.43 Å². The number of hydrogen-bond donors (Lipinski definition) is 5. The van der Waals surface area contributed by atoms with Crippen molar-refractivity contribution in [2.24, 2.45) is 0 Å². The van der Waals surface area contributed by atoms with Crippen LogP contribution in [0, 0.1) is 0 Å². The van der Waals surface area contributed by atoms with Crippen molar-refractivity contribution in [2.75, 3.05) is 19.6 Å². The van der Waals surface area contributed by atoms with E-state index in [1.54, 1.807) is 4.72 Å². The summed E-state index contributed by atoms with van der Waals surface area (Å²) < 4.78 is 25.4. The second kappa shape index (κ2) is 6.61. The minimum absolute atomic E-state index is 0.0213. The lowest BCUT2D eigenvalue weighted by Crippen LogP contribution is -2.69. The number of carbonyl (C=O) groups is 4. The number of β-lactam (4-membered cyclic amide) rings is 1. The molecule has 1 atom stereocenters. The number of quaternary nitrogens is 1. The van der Waals surface area contributed by atoms with Gasteiger partial charge in [0.15, 0.2) is 5.75 Å². The minimum atomic E-state index is -4.88. The zero-order valence-electron chi connectivity index (χ0n) is 14.1. The number of aromatic hydroxyl groups is 1. The number of amides is 6. The van der Waals surface area contributed by atoms with Crippen LogP contribution in [0.2, 0.25) is 0 Å². The van der Waals surface area contributed by atoms with Crippen molar-refractivity contribution in [3.8, 4) is 5.75 Å². The number of pyridine rings is 1. The van der Waals surface area contributed by atoms with Gasteiger partial charge in [-0.05, 0) is 4.00 Å². The fraction of sp³-hybridized carbons (Fsp3) is 0.308. The van der Waals surface area contributed by atoms with Gasteiger partial charge in [-0.1, -0.05) is 0 Å². The molecule has 0 aliphatic carbocycles. The minimum Gasteiger partial charge on any atom is -0.503 e. The summed E-state index contributed by atoms with van der Waals surface area (Å²) in [5, 5.41) is 11.4. The van der Waals surface area contributed by atoms with Crippen molar-refractivity contribution in [3.05, 3.63) is 28.2 Å². The van der Waals surface area contributed by atoms with E-state index in [-0.39, 0.29) is 19.5 Å². The number of aromatic nitrogens is 1. The lowest BCUT2D eigenvalue weighted by Gasteiger charge is -2.31. The highest BCUT2D eigenvalue weighted by Gasteiger charge is 2.57. The number of likely N-dealkylation sites (tertiary alicyclic amines) is 1. The van der Waals surface area contributed by atoms with Crippen LogP contribution in [0.15, 0.2) is 17.1 Å². The number of hydrogen-bond acceptors (Lipinski definition) is 8. The average Bonchev–Trinajstić information content (AvgIpc) is 2.97. The second-order valence-electron chi connectivity index (χ2n) is 5.91. The molecule has 150 valence electrons. The average molecular weight is 415 g/mol. The van der Waals surface area contributed by atoms with Crippen LogP contribution in [0.3, 0.4) is 0 Å². The number of imide groups is 1. The zero-order chi connectivity index (χ0) is 20.7. The molecule has 6 amide bonds. The first-order valence-corrected chi connectivity index (χ1v) is 9.29. The van der Waals surface area contributed by atoms with Gasteiger partial charge in [-0.2, -0.15) is 10.1 Å². The normalized spacial score (nSPS) is 21.6. The number of H-pyrrole nitrogens is 1. The number of aromatic amines is 1. The molecule has 0 spiro atoms. The number of rotatable bonds is 4. The monoisotopic (exact) mass is 415 g/mol. The van der Waals surface area contributed by atoms with Crippen LogP contribution in [-0.2, 0) is 15.0 Å². The van der Waals surface area contributed by atoms with Gasteiger partial charge in [0, 0.05) is 25.2 Å². The molecular weight excluding hydrogens is 400 g/mol. The van der Waals surface area contributed by atoms with Crippen molar-refractivity contribution in [2.45, 2.75) is 6.42 Å². The Morgan fingerprint density at radius 2 is 1.96 bits per heavy atom. The number of nitrogens with zero attached hydrogens (tertiary/aromatic N) is 2. The summed E-state index contributed by atoms with van der Waals surface area (Å²) in [7, 11) is -4.88. The predicted molar refractivity (Wildman–Crippen MR) is 88.5 cm³/mol. The Morgan fingerprint density at radius 3 is 2.46 bits per heavy atom. The highest BCUT2D eigenvalue weighted by atomic mass is 32.2. The summed E-state index contributed by atoms with van der Waals surface area (Å²) in [4.78, 5) is 62.3. The van der Waals surface area contributed by atoms with Crippen molar-refractivity contribution in [1.82, 2.24) is 25.3 Å². The smallest absolute Gasteiger partial charge is 0.458 e. The summed E-state index contributed by atoms with van der Waals surface area (Å²) in [5.74, 6) is -2.42. The molecule has 0 saturated carbocycles. The Hall–Kier alpha value is -3.46. The third-order valence-electron chi connectivity index (χ3n) is 4.17. The summed E-state index contributed by atoms with van der Waals surface area (Å²) in [6, 6.07) is -1.69. The molecule has 15 heteroatoms. The fourth-order valence-corrected chi connectivity index (χ4v) is 3.84. The molecule has 5 N–H and O–H groups in total. The second-order valence-corrected chi connectivity index (χ2v) is 7.69. The van der Waals surface area contributed by atoms with E-state index in [0.29, 0.717) is 11.0 Å². The van der Waals surface area contributed by atoms with Crippen molar-refractivity contribution in [1.29, 1.82) is 0 Å². The van der Waals surface area contributed by atoms with Crippen molar-refractivity contribution in [3.63, 3.8) is 0 Å². The first-order chi connectivity index (χ1) is 13.1. The van der Waals surface area contributed by atoms with Crippen LogP contribution in [0.5, 0.6) is 5.75 Å². The molecule has 2 aliphatic rings. The number of carbonyl (C=O) groups excluding carboxylic acids is 4. The van der Waals surface area contributed by atoms with E-state index < -0.39 is 61.5 Å². The van der Waals surface area contributed by atoms with Crippen molar-refractivity contribution >= 4 is 34.1 Å². The molecule has 1 aromatic rings. The fourth-order valence-electron chi connectivity index (χ4n) is 2.54. The Balaban J connectivity index is 1.89. The van der Waals surface area contributed by atoms with E-state index in [2.05, 4.69) is 10.3 Å². The summed E-state index contributed by atoms with van der Waals surface area (Å²) in [6.45, 7) is -0.583. The first-order valence-electron chi connectivity index (χ1n) is 7.85. The molecule has 14 nitrogen and oxygen atoms in total. The van der Waals surface area contributed by atoms with Gasteiger partial charge in [0.2, 0.25) is 11.3 Å². The first kappa shape index (κ1) is 19.3. The predicted octanol–water partition coefficient (Wildman–Crippen LogP) is -2.55. The zero-order valence-corrected chi connectivity index (χ0v) is 14.9. The van der Waals surface area contributed by atoms with Crippen molar-refractivity contribution < 1.29 is 36.7 Å². The Morgan fingerprint density at radius 1 is 1.25 bits per heavy atom. The van der Waals surface area contributed by atoms with E-state index in [0.717, 1.165) is 6.20 Å². The van der Waals surface area contributed by atoms with Crippen LogP contribution in [0.4, 0.5) is 9.59 Å². The molecule has 2 aliphatic heterocycles. The Bertz CT molecular complexity index is 1050. The molecule has 1 aromatic heterocycles. The van der Waals surface area contributed by atoms with Gasteiger partial charge in [0.25, 0.3) is 0 Å². The van der Waals surface area contributed by atoms with Crippen LogP contribution in [-0.4, -0.2) is 70.9 Å². The highest BCUT2D eigenvalue weighted by Crippen LogP contribution is 2.18. The van der Waals surface area contributed by atoms with E-state index in [4.69, 9.17) is 0 Å². The van der Waals surface area contributed by atoms with Crippen LogP contribution in [0.25, 0.3) is 0 Å². The molecule has 2 fully saturated rings. The lowest BCUT2D eigenvalue weighted by atomic mass is 10.2. The SMILES string of the molecule is O=C(N[N+]1(S(=O)(=O)NC(=O)N2CCC2=O)CCNC1=O)c1cc(=O)c(O)c[nH]1. The number of nitrogens with one attached hydrogen (secondary N) is 4. The molecule has 3 heterocycles. The maximum Gasteiger partial charge on any atom is 0.458 e. The highest BCUT2D eigenvalue weighted by molar-refractivity contribution is 7.84. The largest absolute Gasteiger partial charge is 0.503 e. The van der Waals surface area contributed by atoms with Gasteiger partial charge < -0.3 is 10.1 Å². The summed E-state index contributed by atoms with van der Waals surface area (Å²) in [5.41, 5.74) is 0.626. The summed E-state index contributed by atoms with van der Waals surface area (Å²) >= 11 is 0. The Kier molecular flexibility index (Phi) is 4.56. The topological polar surface area (TPSA) is 195 Å². The van der Waals surface area contributed by atoms with Gasteiger partial charge >= 0.3 is 28.2 Å². The van der Waals surface area contributed by atoms with E-state index in [9.17, 15) is 37.5 Å². The number of urea groups is 2. The van der Waals surface area contributed by atoms with Gasteiger partial charge in [-0.25, -0.2) is 9.59 Å². The molecule has 0 radical (unpaired) electrons. The van der Waals surface area contributed by atoms with E-state index in [1.165, 1.54) is 0 Å². The molecule has 0 aromatic carbocycles. The lowest BCUT2D eigenvalue weighted by molar-refractivity contribution is -0.750. The quantitative estimate of drug-likeness (QED) is 0.262. The standard InChI is InChI=1S/C13H14N6O8S/c20-8-5-7(15-6-9(8)21)11(23)16-19(4-2-14-13(19)25)28(26,27)17-12(24)18-3-1-10(18)22/h5-6H,1-4H2,(H4-,14,15,16,17,20,21,23,24,25)/p+1. The molecule has 0 bridgehead atoms. The molecule has 28 heavy (non-hydrogen) atoms. The van der Waals surface area contributed by atoms with Gasteiger partial charge in [-0.3, -0.25) is 24.6 Å². The maximum atomic E-state index is 12.7. The van der Waals surface area contributed by atoms with Crippen LogP contribution < -0.4 is 20.9 Å². The van der Waals surface area contributed by atoms with Gasteiger partial charge in [-0.15, -0.1) is 8.42 Å².